The molecule has 1 saturated heterocycles. The zero-order chi connectivity index (χ0) is 20.4. The number of aryl methyl sites for hydroxylation is 2. The number of aromatic amines is 2. The molecule has 1 aromatic carbocycles. The van der Waals surface area contributed by atoms with Gasteiger partial charge in [0.15, 0.2) is 5.65 Å². The van der Waals surface area contributed by atoms with Crippen molar-refractivity contribution >= 4 is 23.1 Å². The molecule has 0 spiro atoms. The number of fused-ring (bicyclic) bond motifs is 1. The maximum Gasteiger partial charge on any atom is 0.329 e. The van der Waals surface area contributed by atoms with E-state index >= 15 is 0 Å². The van der Waals surface area contributed by atoms with Gasteiger partial charge in [-0.2, -0.15) is 0 Å². The van der Waals surface area contributed by atoms with E-state index in [0.717, 1.165) is 24.9 Å². The Hall–Kier alpha value is -3.42. The Bertz CT molecular complexity index is 1170. The number of hydrogen-bond acceptors (Lipinski definition) is 4. The zero-order valence-corrected chi connectivity index (χ0v) is 16.2. The number of H-pyrrole nitrogens is 2. The van der Waals surface area contributed by atoms with Gasteiger partial charge >= 0.3 is 5.69 Å². The molecule has 2 aromatic heterocycles. The van der Waals surface area contributed by atoms with Gasteiger partial charge in [-0.25, -0.2) is 9.78 Å². The molecule has 1 fully saturated rings. The van der Waals surface area contributed by atoms with Crippen molar-refractivity contribution in [2.24, 2.45) is 7.05 Å². The third-order valence-corrected chi connectivity index (χ3v) is 5.31. The molecule has 1 amide bonds. The van der Waals surface area contributed by atoms with Crippen molar-refractivity contribution in [1.82, 2.24) is 24.4 Å². The van der Waals surface area contributed by atoms with Gasteiger partial charge in [-0.05, 0) is 18.4 Å². The summed E-state index contributed by atoms with van der Waals surface area (Å²) in [5.74, 6) is 0.587. The van der Waals surface area contributed by atoms with E-state index in [1.54, 1.807) is 7.05 Å². The molecule has 150 valence electrons. The van der Waals surface area contributed by atoms with Gasteiger partial charge in [-0.15, -0.1) is 0 Å². The lowest BCUT2D eigenvalue weighted by molar-refractivity contribution is -0.131. The molecule has 3 heterocycles. The molecule has 1 aliphatic rings. The van der Waals surface area contributed by atoms with Crippen LogP contribution in [0.25, 0.3) is 17.2 Å². The third kappa shape index (κ3) is 3.91. The number of carbonyl (C=O) groups is 1. The molecule has 0 radical (unpaired) electrons. The summed E-state index contributed by atoms with van der Waals surface area (Å²) in [6, 6.07) is 10.1. The molecule has 1 aliphatic heterocycles. The molecular formula is C21H23N5O3. The fraction of sp³-hybridized carbons (Fsp3) is 0.333. The minimum atomic E-state index is -0.512. The van der Waals surface area contributed by atoms with Crippen LogP contribution in [0.2, 0.25) is 0 Å². The van der Waals surface area contributed by atoms with Gasteiger partial charge < -0.3 is 9.88 Å². The van der Waals surface area contributed by atoms with Crippen molar-refractivity contribution in [1.29, 1.82) is 0 Å². The second kappa shape index (κ2) is 7.90. The summed E-state index contributed by atoms with van der Waals surface area (Å²) in [4.78, 5) is 47.8. The number of rotatable bonds is 5. The molecule has 3 aromatic rings. The Morgan fingerprint density at radius 2 is 2.03 bits per heavy atom. The Morgan fingerprint density at radius 1 is 1.24 bits per heavy atom. The monoisotopic (exact) mass is 393 g/mol. The number of aromatic nitrogens is 4. The van der Waals surface area contributed by atoms with Crippen LogP contribution >= 0.6 is 0 Å². The van der Waals surface area contributed by atoms with E-state index < -0.39 is 11.2 Å². The van der Waals surface area contributed by atoms with E-state index in [0.29, 0.717) is 24.3 Å². The molecule has 8 heteroatoms. The van der Waals surface area contributed by atoms with Crippen LogP contribution in [-0.4, -0.2) is 42.9 Å². The van der Waals surface area contributed by atoms with Gasteiger partial charge in [0.1, 0.15) is 11.3 Å². The number of likely N-dealkylation sites (tertiary alicyclic amines) is 1. The van der Waals surface area contributed by atoms with Crippen LogP contribution in [0.3, 0.4) is 0 Å². The summed E-state index contributed by atoms with van der Waals surface area (Å²) in [6.45, 7) is 0.747. The van der Waals surface area contributed by atoms with Crippen molar-refractivity contribution in [2.75, 3.05) is 6.54 Å². The quantitative estimate of drug-likeness (QED) is 0.687. The highest BCUT2D eigenvalue weighted by atomic mass is 16.2. The van der Waals surface area contributed by atoms with Gasteiger partial charge in [-0.3, -0.25) is 19.1 Å². The predicted molar refractivity (Wildman–Crippen MR) is 110 cm³/mol. The second-order valence-corrected chi connectivity index (χ2v) is 7.27. The second-order valence-electron chi connectivity index (χ2n) is 7.27. The van der Waals surface area contributed by atoms with Gasteiger partial charge in [0.05, 0.1) is 6.04 Å². The molecule has 1 unspecified atom stereocenters. The molecule has 0 bridgehead atoms. The average molecular weight is 393 g/mol. The van der Waals surface area contributed by atoms with Gasteiger partial charge in [0.2, 0.25) is 5.91 Å². The number of benzene rings is 1. The first-order valence-electron chi connectivity index (χ1n) is 9.73. The molecule has 4 rings (SSSR count). The lowest BCUT2D eigenvalue weighted by Gasteiger charge is -2.22. The van der Waals surface area contributed by atoms with E-state index in [1.807, 2.05) is 35.2 Å². The number of hydrogen-bond donors (Lipinski definition) is 2. The predicted octanol–water partition coefficient (Wildman–Crippen LogP) is 1.59. The van der Waals surface area contributed by atoms with E-state index in [-0.39, 0.29) is 17.5 Å². The van der Waals surface area contributed by atoms with Crippen LogP contribution in [0.15, 0.2) is 46.0 Å². The van der Waals surface area contributed by atoms with Gasteiger partial charge in [-0.1, -0.05) is 42.5 Å². The van der Waals surface area contributed by atoms with Gasteiger partial charge in [0, 0.05) is 26.4 Å². The number of nitrogens with zero attached hydrogens (tertiary/aromatic N) is 3. The Kier molecular flexibility index (Phi) is 5.16. The minimum Gasteiger partial charge on any atom is -0.336 e. The van der Waals surface area contributed by atoms with Crippen LogP contribution in [-0.2, 0) is 18.3 Å². The lowest BCUT2D eigenvalue weighted by Crippen LogP contribution is -2.34. The number of amides is 1. The topological polar surface area (TPSA) is 104 Å². The third-order valence-electron chi connectivity index (χ3n) is 5.31. The van der Waals surface area contributed by atoms with Crippen LogP contribution < -0.4 is 11.2 Å². The highest BCUT2D eigenvalue weighted by Crippen LogP contribution is 2.21. The zero-order valence-electron chi connectivity index (χ0n) is 16.2. The largest absolute Gasteiger partial charge is 0.336 e. The molecule has 1 atom stereocenters. The molecular weight excluding hydrogens is 370 g/mol. The van der Waals surface area contributed by atoms with Crippen molar-refractivity contribution in [3.63, 3.8) is 0 Å². The molecule has 8 nitrogen and oxygen atoms in total. The Labute approximate surface area is 166 Å². The summed E-state index contributed by atoms with van der Waals surface area (Å²) < 4.78 is 1.28. The smallest absolute Gasteiger partial charge is 0.329 e. The van der Waals surface area contributed by atoms with Crippen molar-refractivity contribution in [2.45, 2.75) is 31.7 Å². The average Bonchev–Trinajstić information content (AvgIpc) is 3.37. The standard InChI is InChI=1S/C21H23N5O3/c1-25-19-18(20(28)24-21(25)29)22-16(23-19)11-12-17(27)26-13-5-8-15(26)10-9-14-6-3-2-4-7-14/h2-4,6-7,9-10,15H,5,8,11-13H2,1H3,(H,22,23)(H,24,28,29)/b10-9+. The Morgan fingerprint density at radius 3 is 2.83 bits per heavy atom. The normalized spacial score (nSPS) is 16.9. The SMILES string of the molecule is Cn1c(=O)[nH]c(=O)c2[nH]c(CCC(=O)N3CCCC3/C=C/c3ccccc3)nc21. The molecule has 29 heavy (non-hydrogen) atoms. The van der Waals surface area contributed by atoms with Crippen molar-refractivity contribution < 1.29 is 4.79 Å². The van der Waals surface area contributed by atoms with E-state index in [4.69, 9.17) is 0 Å². The fourth-order valence-corrected chi connectivity index (χ4v) is 3.73. The molecule has 0 saturated carbocycles. The van der Waals surface area contributed by atoms with E-state index in [2.05, 4.69) is 27.1 Å². The number of carbonyl (C=O) groups excluding carboxylic acids is 1. The van der Waals surface area contributed by atoms with Crippen LogP contribution in [0, 0.1) is 0 Å². The summed E-state index contributed by atoms with van der Waals surface area (Å²) in [5.41, 5.74) is 0.649. The van der Waals surface area contributed by atoms with Crippen LogP contribution in [0.1, 0.15) is 30.7 Å². The van der Waals surface area contributed by atoms with E-state index in [1.165, 1.54) is 4.57 Å². The maximum atomic E-state index is 12.8. The van der Waals surface area contributed by atoms with E-state index in [9.17, 15) is 14.4 Å². The summed E-state index contributed by atoms with van der Waals surface area (Å²) in [7, 11) is 1.55. The molecule has 2 N–H and O–H groups in total. The molecule has 0 aliphatic carbocycles. The number of imidazole rings is 1. The lowest BCUT2D eigenvalue weighted by atomic mass is 10.1. The summed E-state index contributed by atoms with van der Waals surface area (Å²) >= 11 is 0. The fourth-order valence-electron chi connectivity index (χ4n) is 3.73. The first-order chi connectivity index (χ1) is 14.0. The Balaban J connectivity index is 1.44. The van der Waals surface area contributed by atoms with Gasteiger partial charge in [0.25, 0.3) is 5.56 Å². The van der Waals surface area contributed by atoms with Crippen LogP contribution in [0.4, 0.5) is 0 Å². The minimum absolute atomic E-state index is 0.0634. The highest BCUT2D eigenvalue weighted by molar-refractivity contribution is 5.78. The van der Waals surface area contributed by atoms with Crippen molar-refractivity contribution in [3.05, 3.63) is 68.6 Å². The summed E-state index contributed by atoms with van der Waals surface area (Å²) in [5, 5.41) is 0. The van der Waals surface area contributed by atoms with Crippen molar-refractivity contribution in [3.8, 4) is 0 Å². The summed E-state index contributed by atoms with van der Waals surface area (Å²) in [6.07, 6.45) is 6.77. The number of nitrogens with one attached hydrogen (secondary N) is 2. The first-order valence-corrected chi connectivity index (χ1v) is 9.73. The maximum absolute atomic E-state index is 12.8. The highest BCUT2D eigenvalue weighted by Gasteiger charge is 2.26. The first kappa shape index (κ1) is 18.9. The van der Waals surface area contributed by atoms with Crippen LogP contribution in [0.5, 0.6) is 0 Å².